The number of allylic oxidation sites excluding steroid dienone is 1. The monoisotopic (exact) mass is 387 g/mol. The van der Waals surface area contributed by atoms with E-state index in [2.05, 4.69) is 94.7 Å². The SMILES string of the molecule is C1=Cc2ccc3c(c2NN=C1)-c1cccc2cccc-3c12.c1ccc2c(c1)CCN2. The summed E-state index contributed by atoms with van der Waals surface area (Å²) < 4.78 is 0. The molecule has 0 atom stereocenters. The van der Waals surface area contributed by atoms with Crippen LogP contribution in [-0.4, -0.2) is 12.8 Å². The fourth-order valence-corrected chi connectivity index (χ4v) is 4.69. The van der Waals surface area contributed by atoms with E-state index in [1.807, 2.05) is 6.08 Å². The van der Waals surface area contributed by atoms with Gasteiger partial charge in [-0.05, 0) is 51.6 Å². The van der Waals surface area contributed by atoms with Gasteiger partial charge in [-0.1, -0.05) is 72.8 Å². The molecule has 0 unspecified atom stereocenters. The topological polar surface area (TPSA) is 36.4 Å². The van der Waals surface area contributed by atoms with E-state index in [0.717, 1.165) is 12.2 Å². The number of fused-ring (bicyclic) bond motifs is 6. The van der Waals surface area contributed by atoms with E-state index in [-0.39, 0.29) is 0 Å². The molecular weight excluding hydrogens is 366 g/mol. The molecule has 0 fully saturated rings. The molecule has 3 heteroatoms. The molecule has 2 aliphatic heterocycles. The molecule has 2 N–H and O–H groups in total. The maximum Gasteiger partial charge on any atom is 0.0718 e. The molecule has 4 aromatic carbocycles. The summed E-state index contributed by atoms with van der Waals surface area (Å²) in [7, 11) is 0. The summed E-state index contributed by atoms with van der Waals surface area (Å²) in [6.07, 6.45) is 7.04. The Bertz CT molecular complexity index is 1320. The Morgan fingerprint density at radius 3 is 2.53 bits per heavy atom. The molecule has 2 heterocycles. The first-order chi connectivity index (χ1) is 14.9. The molecule has 1 aliphatic carbocycles. The number of benzene rings is 4. The minimum absolute atomic E-state index is 1.10. The molecular formula is C27H21N3. The number of hydrazone groups is 1. The van der Waals surface area contributed by atoms with Crippen molar-refractivity contribution >= 4 is 34.4 Å². The lowest BCUT2D eigenvalue weighted by Crippen LogP contribution is -1.93. The van der Waals surface area contributed by atoms with Crippen LogP contribution in [-0.2, 0) is 6.42 Å². The fourth-order valence-electron chi connectivity index (χ4n) is 4.69. The average Bonchev–Trinajstić information content (AvgIpc) is 3.31. The van der Waals surface area contributed by atoms with Crippen LogP contribution >= 0.6 is 0 Å². The number of rotatable bonds is 0. The molecule has 3 aliphatic rings. The van der Waals surface area contributed by atoms with Gasteiger partial charge in [0.2, 0.25) is 0 Å². The predicted octanol–water partition coefficient (Wildman–Crippen LogP) is 6.57. The van der Waals surface area contributed by atoms with Crippen LogP contribution in [0.4, 0.5) is 11.4 Å². The van der Waals surface area contributed by atoms with Gasteiger partial charge >= 0.3 is 0 Å². The Morgan fingerprint density at radius 2 is 1.63 bits per heavy atom. The van der Waals surface area contributed by atoms with Crippen LogP contribution in [0.5, 0.6) is 0 Å². The summed E-state index contributed by atoms with van der Waals surface area (Å²) in [6.45, 7) is 1.11. The van der Waals surface area contributed by atoms with E-state index in [4.69, 9.17) is 0 Å². The maximum absolute atomic E-state index is 4.25. The van der Waals surface area contributed by atoms with Gasteiger partial charge in [0.1, 0.15) is 0 Å². The summed E-state index contributed by atoms with van der Waals surface area (Å²) >= 11 is 0. The van der Waals surface area contributed by atoms with Crippen molar-refractivity contribution < 1.29 is 0 Å². The predicted molar refractivity (Wildman–Crippen MR) is 128 cm³/mol. The second-order valence-electron chi connectivity index (χ2n) is 7.74. The molecule has 4 aromatic rings. The van der Waals surface area contributed by atoms with Crippen LogP contribution < -0.4 is 10.7 Å². The quantitative estimate of drug-likeness (QED) is 0.315. The zero-order chi connectivity index (χ0) is 19.9. The second kappa shape index (κ2) is 6.89. The van der Waals surface area contributed by atoms with E-state index in [0.29, 0.717) is 0 Å². The van der Waals surface area contributed by atoms with Crippen molar-refractivity contribution in [3.63, 3.8) is 0 Å². The lowest BCUT2D eigenvalue weighted by molar-refractivity contribution is 1.11. The van der Waals surface area contributed by atoms with Crippen LogP contribution in [0.15, 0.2) is 84.0 Å². The van der Waals surface area contributed by atoms with Crippen LogP contribution in [0.1, 0.15) is 11.1 Å². The Labute approximate surface area is 175 Å². The summed E-state index contributed by atoms with van der Waals surface area (Å²) in [5, 5.41) is 10.2. The number of nitrogens with one attached hydrogen (secondary N) is 2. The minimum Gasteiger partial charge on any atom is -0.384 e. The van der Waals surface area contributed by atoms with Gasteiger partial charge in [0.15, 0.2) is 0 Å². The highest BCUT2D eigenvalue weighted by Gasteiger charge is 2.25. The molecule has 0 spiro atoms. The summed E-state index contributed by atoms with van der Waals surface area (Å²) in [4.78, 5) is 0. The molecule has 3 nitrogen and oxygen atoms in total. The largest absolute Gasteiger partial charge is 0.384 e. The van der Waals surface area contributed by atoms with E-state index >= 15 is 0 Å². The lowest BCUT2D eigenvalue weighted by atomic mass is 9.98. The Hall–Kier alpha value is -3.85. The van der Waals surface area contributed by atoms with Crippen LogP contribution in [0.25, 0.3) is 39.1 Å². The third-order valence-electron chi connectivity index (χ3n) is 6.04. The standard InChI is InChI=1S/C19H12N2.C8H9N/c1-4-12-5-2-8-16-17(12)14(7-1)15-10-9-13-6-3-11-20-21-19(13)18(15)16;1-2-4-8-7(3-1)5-6-9-8/h1-11,21H;1-4,9H,5-6H2. The van der Waals surface area contributed by atoms with Gasteiger partial charge in [0, 0.05) is 29.6 Å². The van der Waals surface area contributed by atoms with Gasteiger partial charge in [0.25, 0.3) is 0 Å². The molecule has 0 saturated heterocycles. The van der Waals surface area contributed by atoms with Gasteiger partial charge in [-0.25, -0.2) is 0 Å². The molecule has 30 heavy (non-hydrogen) atoms. The number of para-hydroxylation sites is 1. The van der Waals surface area contributed by atoms with Crippen molar-refractivity contribution in [2.75, 3.05) is 17.3 Å². The first kappa shape index (κ1) is 17.0. The van der Waals surface area contributed by atoms with Crippen molar-refractivity contribution in [1.82, 2.24) is 0 Å². The highest BCUT2D eigenvalue weighted by molar-refractivity contribution is 6.18. The number of hydrogen-bond donors (Lipinski definition) is 2. The fraction of sp³-hybridized carbons (Fsp3) is 0.0741. The summed E-state index contributed by atoms with van der Waals surface area (Å²) in [5.74, 6) is 0. The molecule has 0 aromatic heterocycles. The normalized spacial score (nSPS) is 14.0. The highest BCUT2D eigenvalue weighted by atomic mass is 15.3. The van der Waals surface area contributed by atoms with Crippen molar-refractivity contribution in [2.45, 2.75) is 6.42 Å². The Morgan fingerprint density at radius 1 is 0.767 bits per heavy atom. The smallest absolute Gasteiger partial charge is 0.0718 e. The third kappa shape index (κ3) is 2.63. The summed E-state index contributed by atoms with van der Waals surface area (Å²) in [5.41, 5.74) is 13.4. The molecule has 0 amide bonds. The third-order valence-corrected chi connectivity index (χ3v) is 6.04. The van der Waals surface area contributed by atoms with Crippen molar-refractivity contribution in [3.8, 4) is 22.3 Å². The maximum atomic E-state index is 4.25. The zero-order valence-corrected chi connectivity index (χ0v) is 16.5. The number of hydrogen-bond acceptors (Lipinski definition) is 3. The second-order valence-corrected chi connectivity index (χ2v) is 7.74. The van der Waals surface area contributed by atoms with Crippen LogP contribution in [0.3, 0.4) is 0 Å². The summed E-state index contributed by atoms with van der Waals surface area (Å²) in [6, 6.07) is 25.9. The molecule has 0 radical (unpaired) electrons. The first-order valence-electron chi connectivity index (χ1n) is 10.4. The number of anilines is 2. The lowest BCUT2D eigenvalue weighted by Gasteiger charge is -2.12. The molecule has 0 bridgehead atoms. The van der Waals surface area contributed by atoms with E-state index < -0.39 is 0 Å². The zero-order valence-electron chi connectivity index (χ0n) is 16.5. The Balaban J connectivity index is 0.000000163. The van der Waals surface area contributed by atoms with Crippen molar-refractivity contribution in [2.24, 2.45) is 5.10 Å². The van der Waals surface area contributed by atoms with Gasteiger partial charge < -0.3 is 5.32 Å². The van der Waals surface area contributed by atoms with Gasteiger partial charge in [-0.3, -0.25) is 5.43 Å². The van der Waals surface area contributed by atoms with Gasteiger partial charge in [-0.15, -0.1) is 0 Å². The molecule has 144 valence electrons. The van der Waals surface area contributed by atoms with Gasteiger partial charge in [-0.2, -0.15) is 5.10 Å². The van der Waals surface area contributed by atoms with Crippen molar-refractivity contribution in [3.05, 3.63) is 90.0 Å². The minimum atomic E-state index is 1.10. The highest BCUT2D eigenvalue weighted by Crippen LogP contribution is 2.51. The van der Waals surface area contributed by atoms with E-state index in [1.54, 1.807) is 6.21 Å². The average molecular weight is 387 g/mol. The molecule has 0 saturated carbocycles. The van der Waals surface area contributed by atoms with Gasteiger partial charge in [0.05, 0.1) is 5.69 Å². The number of nitrogens with zero attached hydrogens (tertiary/aromatic N) is 1. The molecule has 7 rings (SSSR count). The Kier molecular flexibility index (Phi) is 3.91. The van der Waals surface area contributed by atoms with Crippen LogP contribution in [0.2, 0.25) is 0 Å². The van der Waals surface area contributed by atoms with E-state index in [9.17, 15) is 0 Å². The van der Waals surface area contributed by atoms with Crippen molar-refractivity contribution in [1.29, 1.82) is 0 Å². The van der Waals surface area contributed by atoms with Crippen LogP contribution in [0, 0.1) is 0 Å². The van der Waals surface area contributed by atoms with E-state index in [1.165, 1.54) is 56.3 Å². The first-order valence-corrected chi connectivity index (χ1v) is 10.4.